The lowest BCUT2D eigenvalue weighted by Gasteiger charge is -2.10. The fraction of sp³-hybridized carbons (Fsp3) is 0.263. The summed E-state index contributed by atoms with van der Waals surface area (Å²) in [7, 11) is 2.66. The summed E-state index contributed by atoms with van der Waals surface area (Å²) in [6.07, 6.45) is 3.84. The van der Waals surface area contributed by atoms with Gasteiger partial charge in [-0.05, 0) is 24.6 Å². The first-order valence-electron chi connectivity index (χ1n) is 8.68. The van der Waals surface area contributed by atoms with Crippen LogP contribution in [-0.2, 0) is 0 Å². The van der Waals surface area contributed by atoms with Crippen molar-refractivity contribution in [1.82, 2.24) is 20.3 Å². The predicted molar refractivity (Wildman–Crippen MR) is 107 cm³/mol. The van der Waals surface area contributed by atoms with Gasteiger partial charge in [0, 0.05) is 38.1 Å². The Balaban J connectivity index is 0.00000136. The molecule has 8 nitrogen and oxygen atoms in total. The van der Waals surface area contributed by atoms with E-state index < -0.39 is 5.82 Å². The number of nitrogens with one attached hydrogen (secondary N) is 4. The Morgan fingerprint density at radius 3 is 2.75 bits per heavy atom. The number of benzene rings is 1. The van der Waals surface area contributed by atoms with Gasteiger partial charge in [0.15, 0.2) is 5.65 Å². The number of aromatic amines is 1. The number of aromatic nitrogens is 3. The van der Waals surface area contributed by atoms with Crippen LogP contribution in [0.5, 0.6) is 0 Å². The van der Waals surface area contributed by atoms with Crippen LogP contribution in [0.15, 0.2) is 30.6 Å². The molecule has 5 N–H and O–H groups in total. The number of aliphatic hydroxyl groups excluding tert-OH is 1. The number of amides is 1. The van der Waals surface area contributed by atoms with E-state index in [9.17, 15) is 9.18 Å². The minimum Gasteiger partial charge on any atom is -0.400 e. The average Bonchev–Trinajstić information content (AvgIpc) is 3.16. The van der Waals surface area contributed by atoms with E-state index in [1.807, 2.05) is 6.92 Å². The number of aliphatic hydroxyl groups is 1. The van der Waals surface area contributed by atoms with Gasteiger partial charge in [-0.15, -0.1) is 0 Å². The third-order valence-electron chi connectivity index (χ3n) is 3.94. The molecule has 0 aliphatic heterocycles. The molecule has 1 aromatic carbocycles. The van der Waals surface area contributed by atoms with E-state index in [0.29, 0.717) is 40.2 Å². The molecular formula is C19H23FN6O2. The highest BCUT2D eigenvalue weighted by molar-refractivity contribution is 6.14. The molecule has 0 aliphatic rings. The maximum atomic E-state index is 13.4. The minimum atomic E-state index is -0.395. The lowest BCUT2D eigenvalue weighted by Crippen LogP contribution is -2.23. The van der Waals surface area contributed by atoms with Gasteiger partial charge in [0.25, 0.3) is 5.91 Å². The standard InChI is InChI=1S/C18H19FN6O.CH4O/c1-3-6-22-18(26)12-8-23-17-16(12)25-14(9-24-17)15(20)11-5-4-10(19)7-13(11)21-2;1-2/h4-5,7-9,20-21H,3,6H2,1-2H3,(H,22,26)(H,23,24);2H,1H3. The smallest absolute Gasteiger partial charge is 0.255 e. The molecule has 0 fully saturated rings. The number of halogens is 1. The number of hydrogen-bond donors (Lipinski definition) is 5. The van der Waals surface area contributed by atoms with Gasteiger partial charge in [0.05, 0.1) is 17.5 Å². The van der Waals surface area contributed by atoms with Crippen LogP contribution in [0, 0.1) is 11.2 Å². The second kappa shape index (κ2) is 9.56. The zero-order chi connectivity index (χ0) is 20.7. The Morgan fingerprint density at radius 2 is 2.07 bits per heavy atom. The summed E-state index contributed by atoms with van der Waals surface area (Å²) in [5, 5.41) is 21.1. The largest absolute Gasteiger partial charge is 0.400 e. The van der Waals surface area contributed by atoms with Crippen molar-refractivity contribution in [3.8, 4) is 0 Å². The third-order valence-corrected chi connectivity index (χ3v) is 3.94. The lowest BCUT2D eigenvalue weighted by atomic mass is 10.1. The topological polar surface area (TPSA) is 127 Å². The maximum absolute atomic E-state index is 13.4. The molecule has 0 saturated heterocycles. The number of anilines is 1. The molecule has 0 saturated carbocycles. The first kappa shape index (κ1) is 21.0. The van der Waals surface area contributed by atoms with Crippen LogP contribution < -0.4 is 10.6 Å². The molecule has 1 amide bonds. The molecule has 0 unspecified atom stereocenters. The molecular weight excluding hydrogens is 363 g/mol. The zero-order valence-electron chi connectivity index (χ0n) is 15.9. The summed E-state index contributed by atoms with van der Waals surface area (Å²) in [5.41, 5.74) is 2.60. The Hall–Kier alpha value is -3.33. The lowest BCUT2D eigenvalue weighted by molar-refractivity contribution is 0.0955. The fourth-order valence-electron chi connectivity index (χ4n) is 2.60. The van der Waals surface area contributed by atoms with E-state index >= 15 is 0 Å². The Labute approximate surface area is 161 Å². The van der Waals surface area contributed by atoms with Gasteiger partial charge in [-0.25, -0.2) is 14.4 Å². The predicted octanol–water partition coefficient (Wildman–Crippen LogP) is 2.30. The second-order valence-electron chi connectivity index (χ2n) is 5.73. The minimum absolute atomic E-state index is 0.0878. The van der Waals surface area contributed by atoms with Crippen molar-refractivity contribution >= 4 is 28.5 Å². The number of carbonyl (C=O) groups excluding carboxylic acids is 1. The Morgan fingerprint density at radius 1 is 1.32 bits per heavy atom. The third kappa shape index (κ3) is 4.32. The van der Waals surface area contributed by atoms with E-state index in [1.54, 1.807) is 13.2 Å². The molecule has 2 heterocycles. The van der Waals surface area contributed by atoms with E-state index in [-0.39, 0.29) is 11.6 Å². The van der Waals surface area contributed by atoms with Crippen LogP contribution in [-0.4, -0.2) is 52.4 Å². The molecule has 2 aromatic heterocycles. The van der Waals surface area contributed by atoms with E-state index in [1.165, 1.54) is 24.4 Å². The van der Waals surface area contributed by atoms with Crippen LogP contribution in [0.25, 0.3) is 11.2 Å². The normalized spacial score (nSPS) is 10.2. The number of hydrogen-bond acceptors (Lipinski definition) is 6. The van der Waals surface area contributed by atoms with Crippen LogP contribution in [0.4, 0.5) is 10.1 Å². The molecule has 0 bridgehead atoms. The molecule has 0 aliphatic carbocycles. The molecule has 0 spiro atoms. The highest BCUT2D eigenvalue weighted by atomic mass is 19.1. The van der Waals surface area contributed by atoms with Crippen molar-refractivity contribution in [2.24, 2.45) is 0 Å². The number of fused-ring (bicyclic) bond motifs is 1. The Bertz CT molecular complexity index is 986. The molecule has 148 valence electrons. The van der Waals surface area contributed by atoms with Gasteiger partial charge in [-0.3, -0.25) is 10.2 Å². The van der Waals surface area contributed by atoms with Gasteiger partial charge < -0.3 is 20.7 Å². The van der Waals surface area contributed by atoms with Crippen LogP contribution in [0.3, 0.4) is 0 Å². The Kier molecular flexibility index (Phi) is 7.16. The summed E-state index contributed by atoms with van der Waals surface area (Å²) in [4.78, 5) is 23.9. The van der Waals surface area contributed by atoms with E-state index in [4.69, 9.17) is 10.5 Å². The molecule has 9 heteroatoms. The number of rotatable bonds is 6. The average molecular weight is 386 g/mol. The van der Waals surface area contributed by atoms with Crippen LogP contribution in [0.1, 0.15) is 35.0 Å². The van der Waals surface area contributed by atoms with Gasteiger partial charge in [-0.2, -0.15) is 0 Å². The van der Waals surface area contributed by atoms with Crippen molar-refractivity contribution in [2.45, 2.75) is 13.3 Å². The molecule has 3 aromatic rings. The van der Waals surface area contributed by atoms with Gasteiger partial charge >= 0.3 is 0 Å². The number of H-pyrrole nitrogens is 1. The summed E-state index contributed by atoms with van der Waals surface area (Å²) in [6.45, 7) is 2.53. The molecule has 3 rings (SSSR count). The quantitative estimate of drug-likeness (QED) is 0.416. The van der Waals surface area contributed by atoms with E-state index in [0.717, 1.165) is 13.5 Å². The SMILES string of the molecule is CCCNC(=O)c1c[nH]c2ncc(C(=N)c3ccc(F)cc3NC)nc12.CO. The van der Waals surface area contributed by atoms with Crippen molar-refractivity contribution in [3.63, 3.8) is 0 Å². The van der Waals surface area contributed by atoms with Crippen molar-refractivity contribution < 1.29 is 14.3 Å². The van der Waals surface area contributed by atoms with Gasteiger partial charge in [0.1, 0.15) is 17.0 Å². The first-order chi connectivity index (χ1) is 13.5. The fourth-order valence-corrected chi connectivity index (χ4v) is 2.60. The number of nitrogens with zero attached hydrogens (tertiary/aromatic N) is 2. The first-order valence-corrected chi connectivity index (χ1v) is 8.68. The van der Waals surface area contributed by atoms with Gasteiger partial charge in [0.2, 0.25) is 0 Å². The summed E-state index contributed by atoms with van der Waals surface area (Å²) in [5.74, 6) is -0.637. The summed E-state index contributed by atoms with van der Waals surface area (Å²) in [6, 6.07) is 4.12. The van der Waals surface area contributed by atoms with Crippen LogP contribution in [0.2, 0.25) is 0 Å². The second-order valence-corrected chi connectivity index (χ2v) is 5.73. The molecule has 28 heavy (non-hydrogen) atoms. The monoisotopic (exact) mass is 386 g/mol. The van der Waals surface area contributed by atoms with Crippen LogP contribution >= 0.6 is 0 Å². The number of carbonyl (C=O) groups is 1. The van der Waals surface area contributed by atoms with E-state index in [2.05, 4.69) is 25.6 Å². The maximum Gasteiger partial charge on any atom is 0.255 e. The summed E-state index contributed by atoms with van der Waals surface area (Å²) < 4.78 is 13.4. The molecule has 0 atom stereocenters. The summed E-state index contributed by atoms with van der Waals surface area (Å²) >= 11 is 0. The van der Waals surface area contributed by atoms with Crippen molar-refractivity contribution in [1.29, 1.82) is 5.41 Å². The zero-order valence-corrected chi connectivity index (χ0v) is 15.9. The highest BCUT2D eigenvalue weighted by Gasteiger charge is 2.17. The van der Waals surface area contributed by atoms with Crippen molar-refractivity contribution in [2.75, 3.05) is 26.0 Å². The molecule has 0 radical (unpaired) electrons. The highest BCUT2D eigenvalue weighted by Crippen LogP contribution is 2.21. The van der Waals surface area contributed by atoms with Crippen molar-refractivity contribution in [3.05, 3.63) is 53.2 Å². The van der Waals surface area contributed by atoms with Gasteiger partial charge in [-0.1, -0.05) is 6.92 Å².